The van der Waals surface area contributed by atoms with Crippen LogP contribution in [-0.2, 0) is 23.8 Å². The van der Waals surface area contributed by atoms with Crippen molar-refractivity contribution in [3.05, 3.63) is 11.6 Å². The van der Waals surface area contributed by atoms with Crippen molar-refractivity contribution in [2.75, 3.05) is 14.2 Å². The first-order valence-electron chi connectivity index (χ1n) is 7.45. The lowest BCUT2D eigenvalue weighted by Crippen LogP contribution is -2.59. The van der Waals surface area contributed by atoms with E-state index >= 15 is 0 Å². The Morgan fingerprint density at radius 3 is 2.36 bits per heavy atom. The van der Waals surface area contributed by atoms with Crippen LogP contribution in [0.5, 0.6) is 0 Å². The molecule has 4 unspecified atom stereocenters. The van der Waals surface area contributed by atoms with Gasteiger partial charge in [0.1, 0.15) is 11.2 Å². The maximum Gasteiger partial charge on any atom is 0.309 e. The molecule has 6 nitrogen and oxygen atoms in total. The van der Waals surface area contributed by atoms with Gasteiger partial charge in [-0.3, -0.25) is 9.59 Å². The minimum absolute atomic E-state index is 0.00941. The molecule has 4 atom stereocenters. The molecule has 0 aromatic heterocycles. The van der Waals surface area contributed by atoms with Gasteiger partial charge in [0.15, 0.2) is 0 Å². The summed E-state index contributed by atoms with van der Waals surface area (Å²) in [5.41, 5.74) is 4.97. The first-order valence-corrected chi connectivity index (χ1v) is 7.45. The number of carbonyl (C=O) groups is 2. The summed E-state index contributed by atoms with van der Waals surface area (Å²) in [7, 11) is 3.18. The first kappa shape index (κ1) is 17.0. The van der Waals surface area contributed by atoms with Crippen LogP contribution in [0, 0.1) is 11.8 Å². The van der Waals surface area contributed by atoms with E-state index in [1.807, 2.05) is 26.8 Å². The van der Waals surface area contributed by atoms with E-state index in [0.29, 0.717) is 0 Å². The summed E-state index contributed by atoms with van der Waals surface area (Å²) in [6, 6.07) is 0. The number of primary amides is 1. The Kier molecular flexibility index (Phi) is 4.37. The van der Waals surface area contributed by atoms with Gasteiger partial charge in [0.25, 0.3) is 0 Å². The number of hydrogen-bond acceptors (Lipinski definition) is 5. The van der Waals surface area contributed by atoms with Gasteiger partial charge in [-0.05, 0) is 26.3 Å². The number of amides is 1. The van der Waals surface area contributed by atoms with E-state index in [9.17, 15) is 9.59 Å². The number of fused-ring (bicyclic) bond motifs is 1. The third-order valence-corrected chi connectivity index (χ3v) is 4.44. The van der Waals surface area contributed by atoms with Crippen LogP contribution in [0.3, 0.4) is 0 Å². The molecule has 1 amide bonds. The van der Waals surface area contributed by atoms with Crippen molar-refractivity contribution in [1.29, 1.82) is 0 Å². The van der Waals surface area contributed by atoms with Crippen LogP contribution in [0.4, 0.5) is 0 Å². The van der Waals surface area contributed by atoms with Crippen molar-refractivity contribution in [1.82, 2.24) is 0 Å². The van der Waals surface area contributed by atoms with Gasteiger partial charge in [0.05, 0.1) is 12.5 Å². The molecule has 3 aliphatic rings. The van der Waals surface area contributed by atoms with Crippen molar-refractivity contribution in [3.8, 4) is 0 Å². The second kappa shape index (κ2) is 5.66. The van der Waals surface area contributed by atoms with Gasteiger partial charge in [0, 0.05) is 32.5 Å². The average Bonchev–Trinajstić information content (AvgIpc) is 2.89. The zero-order chi connectivity index (χ0) is 16.7. The van der Waals surface area contributed by atoms with E-state index in [1.165, 1.54) is 0 Å². The van der Waals surface area contributed by atoms with Gasteiger partial charge in [-0.15, -0.1) is 0 Å². The van der Waals surface area contributed by atoms with E-state index in [4.69, 9.17) is 19.9 Å². The fraction of sp³-hybridized carbons (Fsp3) is 0.750. The number of methoxy groups -OCH3 is 2. The van der Waals surface area contributed by atoms with Crippen LogP contribution < -0.4 is 5.73 Å². The summed E-state index contributed by atoms with van der Waals surface area (Å²) in [6.07, 6.45) is 2.15. The molecule has 0 radical (unpaired) electrons. The third kappa shape index (κ3) is 2.77. The SMILES string of the molecule is COC1C=C2C(CC(N)=O)C1C2(CC(=O)OC(C)(C)C)OC. The van der Waals surface area contributed by atoms with Gasteiger partial charge in [-0.1, -0.05) is 6.08 Å². The lowest BCUT2D eigenvalue weighted by Gasteiger charge is -2.52. The normalized spacial score (nSPS) is 33.1. The largest absolute Gasteiger partial charge is 0.460 e. The molecule has 0 spiro atoms. The lowest BCUT2D eigenvalue weighted by atomic mass is 9.58. The van der Waals surface area contributed by atoms with Crippen LogP contribution in [0.15, 0.2) is 11.6 Å². The minimum Gasteiger partial charge on any atom is -0.460 e. The summed E-state index contributed by atoms with van der Waals surface area (Å²) in [6.45, 7) is 5.48. The standard InChI is InChI=1S/C16H25NO5/c1-15(2,3)22-13(19)8-16(21-5)10-7-11(20-4)14(16)9(10)6-12(17)18/h7,9,11,14H,6,8H2,1-5H3,(H2,17,18). The maximum atomic E-state index is 12.2. The van der Waals surface area contributed by atoms with Crippen LogP contribution in [0.25, 0.3) is 0 Å². The van der Waals surface area contributed by atoms with E-state index in [-0.39, 0.29) is 42.7 Å². The second-order valence-corrected chi connectivity index (χ2v) is 6.98. The fourth-order valence-corrected chi connectivity index (χ4v) is 3.77. The van der Waals surface area contributed by atoms with E-state index in [0.717, 1.165) is 5.57 Å². The molecule has 22 heavy (non-hydrogen) atoms. The predicted octanol–water partition coefficient (Wildman–Crippen LogP) is 1.18. The molecule has 3 aliphatic carbocycles. The molecule has 1 saturated carbocycles. The van der Waals surface area contributed by atoms with Crippen LogP contribution >= 0.6 is 0 Å². The Morgan fingerprint density at radius 1 is 1.32 bits per heavy atom. The van der Waals surface area contributed by atoms with E-state index < -0.39 is 11.2 Å². The van der Waals surface area contributed by atoms with Crippen molar-refractivity contribution < 1.29 is 23.8 Å². The lowest BCUT2D eigenvalue weighted by molar-refractivity contribution is -0.173. The Bertz CT molecular complexity index is 507. The van der Waals surface area contributed by atoms with Gasteiger partial charge in [-0.25, -0.2) is 0 Å². The molecule has 2 N–H and O–H groups in total. The van der Waals surface area contributed by atoms with E-state index in [1.54, 1.807) is 14.2 Å². The highest BCUT2D eigenvalue weighted by molar-refractivity contribution is 5.77. The number of rotatable bonds is 6. The highest BCUT2D eigenvalue weighted by atomic mass is 16.6. The maximum absolute atomic E-state index is 12.2. The Labute approximate surface area is 131 Å². The minimum atomic E-state index is -0.733. The molecular weight excluding hydrogens is 286 g/mol. The van der Waals surface area contributed by atoms with Crippen molar-refractivity contribution in [2.45, 2.75) is 50.9 Å². The highest BCUT2D eigenvalue weighted by Crippen LogP contribution is 2.61. The smallest absolute Gasteiger partial charge is 0.309 e. The van der Waals surface area contributed by atoms with Crippen molar-refractivity contribution in [2.24, 2.45) is 17.6 Å². The van der Waals surface area contributed by atoms with E-state index in [2.05, 4.69) is 0 Å². The second-order valence-electron chi connectivity index (χ2n) is 6.98. The Hall–Kier alpha value is -1.40. The fourth-order valence-electron chi connectivity index (χ4n) is 3.77. The zero-order valence-corrected chi connectivity index (χ0v) is 13.8. The molecule has 124 valence electrons. The summed E-state index contributed by atoms with van der Waals surface area (Å²) >= 11 is 0. The van der Waals surface area contributed by atoms with Gasteiger partial charge >= 0.3 is 5.97 Å². The van der Waals surface area contributed by atoms with Crippen LogP contribution in [0.1, 0.15) is 33.6 Å². The van der Waals surface area contributed by atoms with Crippen molar-refractivity contribution >= 4 is 11.9 Å². The van der Waals surface area contributed by atoms with Gasteiger partial charge < -0.3 is 19.9 Å². The molecule has 6 heteroatoms. The Morgan fingerprint density at radius 2 is 1.95 bits per heavy atom. The third-order valence-electron chi connectivity index (χ3n) is 4.44. The van der Waals surface area contributed by atoms with Gasteiger partial charge in [0.2, 0.25) is 5.91 Å². The average molecular weight is 311 g/mol. The van der Waals surface area contributed by atoms with Gasteiger partial charge in [-0.2, -0.15) is 0 Å². The molecule has 0 saturated heterocycles. The molecule has 3 rings (SSSR count). The number of carbonyl (C=O) groups excluding carboxylic acids is 2. The van der Waals surface area contributed by atoms with Crippen molar-refractivity contribution in [3.63, 3.8) is 0 Å². The number of ether oxygens (including phenoxy) is 3. The zero-order valence-electron chi connectivity index (χ0n) is 13.8. The number of esters is 1. The number of hydrogen-bond donors (Lipinski definition) is 1. The highest BCUT2D eigenvalue weighted by Gasteiger charge is 2.66. The summed E-state index contributed by atoms with van der Waals surface area (Å²) < 4.78 is 16.5. The molecular formula is C16H25NO5. The monoisotopic (exact) mass is 311 g/mol. The van der Waals surface area contributed by atoms with Crippen LogP contribution in [-0.4, -0.2) is 43.4 Å². The van der Waals surface area contributed by atoms with Crippen LogP contribution in [0.2, 0.25) is 0 Å². The summed E-state index contributed by atoms with van der Waals surface area (Å²) in [5.74, 6) is -0.776. The first-order chi connectivity index (χ1) is 10.1. The Balaban J connectivity index is 2.17. The molecule has 1 fully saturated rings. The summed E-state index contributed by atoms with van der Waals surface area (Å²) in [4.78, 5) is 23.5. The molecule has 0 heterocycles. The topological polar surface area (TPSA) is 87.9 Å². The number of nitrogens with two attached hydrogens (primary N) is 1. The molecule has 0 aromatic carbocycles. The summed E-state index contributed by atoms with van der Waals surface area (Å²) in [5, 5.41) is 0. The molecule has 2 bridgehead atoms. The molecule has 0 aliphatic heterocycles. The molecule has 0 aromatic rings. The quantitative estimate of drug-likeness (QED) is 0.588. The predicted molar refractivity (Wildman–Crippen MR) is 79.9 cm³/mol.